The Morgan fingerprint density at radius 1 is 0.781 bits per heavy atom. The number of methoxy groups -OCH3 is 1. The van der Waals surface area contributed by atoms with Crippen LogP contribution in [0.1, 0.15) is 53.2 Å². The third kappa shape index (κ3) is 7.65. The van der Waals surface area contributed by atoms with Gasteiger partial charge in [-0.2, -0.15) is 0 Å². The summed E-state index contributed by atoms with van der Waals surface area (Å²) in [6.07, 6.45) is 5.62. The molecule has 0 bridgehead atoms. The summed E-state index contributed by atoms with van der Waals surface area (Å²) in [6, 6.07) is 29.8. The van der Waals surface area contributed by atoms with Crippen LogP contribution >= 0.6 is 0 Å². The molecule has 0 aliphatic heterocycles. The summed E-state index contributed by atoms with van der Waals surface area (Å²) in [5.41, 5.74) is 4.65. The maximum atomic E-state index is 11.6. The molecule has 3 heteroatoms. The van der Waals surface area contributed by atoms with Crippen LogP contribution in [0.25, 0.3) is 0 Å². The topological polar surface area (TPSA) is 29.5 Å². The first-order valence-corrected chi connectivity index (χ1v) is 11.6. The quantitative estimate of drug-likeness (QED) is 0.249. The van der Waals surface area contributed by atoms with E-state index in [1.165, 1.54) is 36.6 Å². The van der Waals surface area contributed by atoms with Crippen molar-refractivity contribution in [1.29, 1.82) is 0 Å². The van der Waals surface area contributed by atoms with E-state index in [0.717, 1.165) is 32.4 Å². The molecule has 3 nitrogen and oxygen atoms in total. The minimum Gasteiger partial charge on any atom is -0.465 e. The number of esters is 1. The number of carbonyl (C=O) groups excluding carboxylic acids is 1. The van der Waals surface area contributed by atoms with Gasteiger partial charge < -0.3 is 4.74 Å². The number of aryl methyl sites for hydroxylation is 2. The minimum atomic E-state index is -0.283. The smallest absolute Gasteiger partial charge is 0.337 e. The molecule has 0 amide bonds. The standard InChI is InChI=1S/C29H35NO2/c1-24(16-17-26-18-20-28(21-19-26)29(31)32-2)30(23-27-14-7-4-8-15-27)22-10-9-13-25-11-5-3-6-12-25/h3-8,11-12,14-15,18-21,24H,9-10,13,16-17,22-23H2,1-2H3. The van der Waals surface area contributed by atoms with Crippen molar-refractivity contribution in [2.24, 2.45) is 0 Å². The first-order valence-electron chi connectivity index (χ1n) is 11.6. The van der Waals surface area contributed by atoms with Crippen LogP contribution < -0.4 is 0 Å². The molecule has 0 aliphatic rings. The highest BCUT2D eigenvalue weighted by Gasteiger charge is 2.15. The Morgan fingerprint density at radius 2 is 1.38 bits per heavy atom. The number of benzene rings is 3. The van der Waals surface area contributed by atoms with Gasteiger partial charge in [-0.25, -0.2) is 4.79 Å². The van der Waals surface area contributed by atoms with Crippen LogP contribution in [0.15, 0.2) is 84.9 Å². The summed E-state index contributed by atoms with van der Waals surface area (Å²) in [6.45, 7) is 4.42. The van der Waals surface area contributed by atoms with Crippen LogP contribution in [0.3, 0.4) is 0 Å². The van der Waals surface area contributed by atoms with Gasteiger partial charge in [-0.3, -0.25) is 4.90 Å². The summed E-state index contributed by atoms with van der Waals surface area (Å²) in [4.78, 5) is 14.3. The molecule has 0 heterocycles. The lowest BCUT2D eigenvalue weighted by Gasteiger charge is -2.29. The maximum Gasteiger partial charge on any atom is 0.337 e. The predicted octanol–water partition coefficient (Wildman–Crippen LogP) is 6.32. The number of rotatable bonds is 12. The van der Waals surface area contributed by atoms with Crippen LogP contribution in [0.4, 0.5) is 0 Å². The number of hydrogen-bond donors (Lipinski definition) is 0. The Balaban J connectivity index is 1.54. The molecule has 0 saturated heterocycles. The van der Waals surface area contributed by atoms with Gasteiger partial charge in [0.15, 0.2) is 0 Å². The monoisotopic (exact) mass is 429 g/mol. The molecule has 0 saturated carbocycles. The van der Waals surface area contributed by atoms with Gasteiger partial charge in [0.25, 0.3) is 0 Å². The van der Waals surface area contributed by atoms with Crippen molar-refractivity contribution in [1.82, 2.24) is 4.90 Å². The number of nitrogens with zero attached hydrogens (tertiary/aromatic N) is 1. The summed E-state index contributed by atoms with van der Waals surface area (Å²) in [7, 11) is 1.42. The lowest BCUT2D eigenvalue weighted by molar-refractivity contribution is 0.0600. The van der Waals surface area contributed by atoms with E-state index in [-0.39, 0.29) is 5.97 Å². The van der Waals surface area contributed by atoms with E-state index in [2.05, 4.69) is 72.5 Å². The number of unbranched alkanes of at least 4 members (excludes halogenated alkanes) is 1. The van der Waals surface area contributed by atoms with Crippen molar-refractivity contribution in [3.63, 3.8) is 0 Å². The molecule has 0 aromatic heterocycles. The third-order valence-corrected chi connectivity index (χ3v) is 6.08. The normalized spacial score (nSPS) is 12.0. The molecule has 0 fully saturated rings. The molecule has 3 rings (SSSR count). The van der Waals surface area contributed by atoms with Gasteiger partial charge in [-0.05, 0) is 74.4 Å². The number of carbonyl (C=O) groups is 1. The Morgan fingerprint density at radius 3 is 2.00 bits per heavy atom. The van der Waals surface area contributed by atoms with Crippen molar-refractivity contribution in [2.75, 3.05) is 13.7 Å². The minimum absolute atomic E-state index is 0.283. The lowest BCUT2D eigenvalue weighted by atomic mass is 10.0. The fraction of sp³-hybridized carbons (Fsp3) is 0.345. The highest BCUT2D eigenvalue weighted by atomic mass is 16.5. The fourth-order valence-electron chi connectivity index (χ4n) is 4.05. The zero-order chi connectivity index (χ0) is 22.6. The molecule has 1 unspecified atom stereocenters. The molecular weight excluding hydrogens is 394 g/mol. The number of hydrogen-bond acceptors (Lipinski definition) is 3. The molecule has 0 radical (unpaired) electrons. The Bertz CT molecular complexity index is 922. The van der Waals surface area contributed by atoms with Gasteiger partial charge in [-0.1, -0.05) is 72.8 Å². The van der Waals surface area contributed by atoms with Crippen molar-refractivity contribution >= 4 is 5.97 Å². The van der Waals surface area contributed by atoms with E-state index in [0.29, 0.717) is 11.6 Å². The fourth-order valence-corrected chi connectivity index (χ4v) is 4.05. The molecule has 3 aromatic rings. The highest BCUT2D eigenvalue weighted by molar-refractivity contribution is 5.89. The second-order valence-corrected chi connectivity index (χ2v) is 8.47. The summed E-state index contributed by atoms with van der Waals surface area (Å²) in [5.74, 6) is -0.283. The van der Waals surface area contributed by atoms with Gasteiger partial charge in [0.2, 0.25) is 0 Å². The first kappa shape index (κ1) is 23.7. The van der Waals surface area contributed by atoms with Crippen LogP contribution in [0.2, 0.25) is 0 Å². The Hall–Kier alpha value is -2.91. The zero-order valence-corrected chi connectivity index (χ0v) is 19.4. The molecule has 3 aromatic carbocycles. The third-order valence-electron chi connectivity index (χ3n) is 6.08. The van der Waals surface area contributed by atoms with Gasteiger partial charge >= 0.3 is 5.97 Å². The molecule has 32 heavy (non-hydrogen) atoms. The first-order chi connectivity index (χ1) is 15.7. The molecule has 0 spiro atoms. The highest BCUT2D eigenvalue weighted by Crippen LogP contribution is 2.16. The van der Waals surface area contributed by atoms with E-state index in [4.69, 9.17) is 4.74 Å². The van der Waals surface area contributed by atoms with Crippen molar-refractivity contribution in [3.05, 3.63) is 107 Å². The predicted molar refractivity (Wildman–Crippen MR) is 132 cm³/mol. The molecule has 1 atom stereocenters. The average Bonchev–Trinajstić information content (AvgIpc) is 2.85. The van der Waals surface area contributed by atoms with Gasteiger partial charge in [0.1, 0.15) is 0 Å². The van der Waals surface area contributed by atoms with E-state index in [1.807, 2.05) is 24.3 Å². The molecule has 0 aliphatic carbocycles. The second kappa shape index (κ2) is 12.8. The van der Waals surface area contributed by atoms with E-state index in [9.17, 15) is 4.79 Å². The Kier molecular flexibility index (Phi) is 9.52. The van der Waals surface area contributed by atoms with Crippen LogP contribution in [0, 0.1) is 0 Å². The zero-order valence-electron chi connectivity index (χ0n) is 19.4. The summed E-state index contributed by atoms with van der Waals surface area (Å²) >= 11 is 0. The Labute approximate surface area is 193 Å². The number of ether oxygens (including phenoxy) is 1. The molecular formula is C29H35NO2. The van der Waals surface area contributed by atoms with Crippen LogP contribution in [-0.2, 0) is 24.1 Å². The largest absolute Gasteiger partial charge is 0.465 e. The molecule has 0 N–H and O–H groups in total. The second-order valence-electron chi connectivity index (χ2n) is 8.47. The average molecular weight is 430 g/mol. The van der Waals surface area contributed by atoms with E-state index < -0.39 is 0 Å². The SMILES string of the molecule is COC(=O)c1ccc(CCC(C)N(CCCCc2ccccc2)Cc2ccccc2)cc1. The van der Waals surface area contributed by atoms with Crippen LogP contribution in [-0.4, -0.2) is 30.6 Å². The van der Waals surface area contributed by atoms with E-state index >= 15 is 0 Å². The van der Waals surface area contributed by atoms with Crippen LogP contribution in [0.5, 0.6) is 0 Å². The van der Waals surface area contributed by atoms with Gasteiger partial charge in [0, 0.05) is 12.6 Å². The van der Waals surface area contributed by atoms with Gasteiger partial charge in [0.05, 0.1) is 12.7 Å². The van der Waals surface area contributed by atoms with Crippen molar-refractivity contribution < 1.29 is 9.53 Å². The van der Waals surface area contributed by atoms with E-state index in [1.54, 1.807) is 0 Å². The van der Waals surface area contributed by atoms with Crippen molar-refractivity contribution in [2.45, 2.75) is 51.6 Å². The summed E-state index contributed by atoms with van der Waals surface area (Å²) in [5, 5.41) is 0. The van der Waals surface area contributed by atoms with Crippen molar-refractivity contribution in [3.8, 4) is 0 Å². The maximum absolute atomic E-state index is 11.6. The van der Waals surface area contributed by atoms with Gasteiger partial charge in [-0.15, -0.1) is 0 Å². The lowest BCUT2D eigenvalue weighted by Crippen LogP contribution is -2.34. The summed E-state index contributed by atoms with van der Waals surface area (Å²) < 4.78 is 4.79. The molecule has 168 valence electrons.